The summed E-state index contributed by atoms with van der Waals surface area (Å²) < 4.78 is 16.1. The Kier molecular flexibility index (Phi) is 5.87. The first-order chi connectivity index (χ1) is 16.7. The first-order valence-electron chi connectivity index (χ1n) is 11.7. The van der Waals surface area contributed by atoms with Gasteiger partial charge in [0.2, 0.25) is 11.8 Å². The van der Waals surface area contributed by atoms with Crippen molar-refractivity contribution in [3.63, 3.8) is 0 Å². The van der Waals surface area contributed by atoms with Gasteiger partial charge >= 0.3 is 0 Å². The van der Waals surface area contributed by atoms with Crippen LogP contribution in [0.5, 0.6) is 0 Å². The first-order valence-corrected chi connectivity index (χ1v) is 11.7. The van der Waals surface area contributed by atoms with Gasteiger partial charge in [-0.3, -0.25) is 19.0 Å². The Balaban J connectivity index is 1.24. The summed E-state index contributed by atoms with van der Waals surface area (Å²) in [4.78, 5) is 43.1. The van der Waals surface area contributed by atoms with E-state index in [0.29, 0.717) is 55.5 Å². The Morgan fingerprint density at radius 3 is 2.54 bits per heavy atom. The molecule has 10 nitrogen and oxygen atoms in total. The molecular weight excluding hydrogens is 455 g/mol. The number of hydrogen-bond acceptors (Lipinski definition) is 6. The average molecular weight is 483 g/mol. The number of aliphatic hydroxyl groups is 1. The van der Waals surface area contributed by atoms with Gasteiger partial charge in [0, 0.05) is 32.0 Å². The second-order valence-corrected chi connectivity index (χ2v) is 9.56. The molecule has 2 amide bonds. The monoisotopic (exact) mass is 482 g/mol. The molecule has 1 aliphatic heterocycles. The Bertz CT molecular complexity index is 1320. The molecule has 1 saturated heterocycles. The normalized spacial score (nSPS) is 21.5. The van der Waals surface area contributed by atoms with E-state index in [4.69, 9.17) is 0 Å². The third-order valence-corrected chi connectivity index (χ3v) is 6.99. The minimum Gasteiger partial charge on any atom is -0.388 e. The van der Waals surface area contributed by atoms with Crippen molar-refractivity contribution in [3.8, 4) is 5.69 Å². The molecule has 2 aromatic heterocycles. The van der Waals surface area contributed by atoms with Crippen molar-refractivity contribution in [1.29, 1.82) is 0 Å². The number of rotatable bonds is 5. The quantitative estimate of drug-likeness (QED) is 0.559. The number of nitrogens with one attached hydrogen (secondary N) is 1. The molecular formula is C24H27FN6O4. The molecule has 0 radical (unpaired) electrons. The predicted molar refractivity (Wildman–Crippen MR) is 124 cm³/mol. The number of hydrogen-bond donors (Lipinski definition) is 2. The van der Waals surface area contributed by atoms with Gasteiger partial charge in [0.05, 0.1) is 24.0 Å². The zero-order valence-electron chi connectivity index (χ0n) is 19.4. The van der Waals surface area contributed by atoms with Gasteiger partial charge in [0.25, 0.3) is 5.56 Å². The number of fused-ring (bicyclic) bond motifs is 1. The summed E-state index contributed by atoms with van der Waals surface area (Å²) in [6.07, 6.45) is 4.79. The van der Waals surface area contributed by atoms with Crippen LogP contribution in [0.15, 0.2) is 41.6 Å². The summed E-state index contributed by atoms with van der Waals surface area (Å²) in [5.41, 5.74) is -0.532. The number of nitrogens with zero attached hydrogens (tertiary/aromatic N) is 5. The molecule has 0 bridgehead atoms. The van der Waals surface area contributed by atoms with Crippen molar-refractivity contribution in [2.45, 2.75) is 50.8 Å². The van der Waals surface area contributed by atoms with Gasteiger partial charge in [-0.25, -0.2) is 14.1 Å². The molecule has 1 saturated carbocycles. The summed E-state index contributed by atoms with van der Waals surface area (Å²) in [7, 11) is 0. The van der Waals surface area contributed by atoms with E-state index in [-0.39, 0.29) is 41.7 Å². The van der Waals surface area contributed by atoms with Crippen molar-refractivity contribution >= 4 is 22.8 Å². The highest BCUT2D eigenvalue weighted by Crippen LogP contribution is 2.32. The van der Waals surface area contributed by atoms with Crippen LogP contribution >= 0.6 is 0 Å². The van der Waals surface area contributed by atoms with Gasteiger partial charge in [-0.2, -0.15) is 5.10 Å². The summed E-state index contributed by atoms with van der Waals surface area (Å²) in [5, 5.41) is 18.5. The molecule has 1 aliphatic carbocycles. The van der Waals surface area contributed by atoms with E-state index in [2.05, 4.69) is 15.4 Å². The highest BCUT2D eigenvalue weighted by molar-refractivity contribution is 5.81. The van der Waals surface area contributed by atoms with Gasteiger partial charge in [-0.15, -0.1) is 0 Å². The molecule has 5 rings (SSSR count). The van der Waals surface area contributed by atoms with E-state index in [0.717, 1.165) is 0 Å². The van der Waals surface area contributed by atoms with Crippen molar-refractivity contribution in [2.24, 2.45) is 5.92 Å². The summed E-state index contributed by atoms with van der Waals surface area (Å²) >= 11 is 0. The highest BCUT2D eigenvalue weighted by Gasteiger charge is 2.40. The lowest BCUT2D eigenvalue weighted by Gasteiger charge is -2.42. The van der Waals surface area contributed by atoms with Crippen molar-refractivity contribution in [3.05, 3.63) is 53.0 Å². The van der Waals surface area contributed by atoms with Crippen LogP contribution in [0.4, 0.5) is 4.39 Å². The molecule has 2 aliphatic rings. The van der Waals surface area contributed by atoms with Gasteiger partial charge in [0.15, 0.2) is 5.65 Å². The van der Waals surface area contributed by atoms with E-state index in [1.807, 2.05) is 0 Å². The number of carbonyl (C=O) groups is 2. The van der Waals surface area contributed by atoms with Crippen molar-refractivity contribution in [2.75, 3.05) is 13.1 Å². The van der Waals surface area contributed by atoms with Crippen LogP contribution in [0.2, 0.25) is 0 Å². The lowest BCUT2D eigenvalue weighted by Crippen LogP contribution is -2.54. The highest BCUT2D eigenvalue weighted by atomic mass is 19.1. The molecule has 2 fully saturated rings. The van der Waals surface area contributed by atoms with Crippen LogP contribution in [0.3, 0.4) is 0 Å². The SMILES string of the molecule is CC(=O)NC1CC(C(=O)N2CCC(O)(Cn3cnc4c(cnn4-c4ccc(F)cc4)c3=O)CC2)C1. The number of amides is 2. The van der Waals surface area contributed by atoms with E-state index in [9.17, 15) is 23.9 Å². The zero-order chi connectivity index (χ0) is 24.7. The number of piperidine rings is 1. The van der Waals surface area contributed by atoms with Crippen LogP contribution in [-0.2, 0) is 16.1 Å². The van der Waals surface area contributed by atoms with Gasteiger partial charge in [-0.05, 0) is 49.9 Å². The van der Waals surface area contributed by atoms with E-state index >= 15 is 0 Å². The Labute approximate surface area is 200 Å². The van der Waals surface area contributed by atoms with Crippen molar-refractivity contribution in [1.82, 2.24) is 29.5 Å². The topological polar surface area (TPSA) is 122 Å². The molecule has 11 heteroatoms. The molecule has 1 aromatic carbocycles. The standard InChI is InChI=1S/C24H27FN6O4/c1-15(32)28-18-10-16(11-18)22(33)29-8-6-24(35,7-9-29)13-30-14-26-21-20(23(30)34)12-27-31(21)19-4-2-17(25)3-5-19/h2-5,12,14,16,18,35H,6-11,13H2,1H3,(H,28,32). The average Bonchev–Trinajstić information content (AvgIpc) is 3.23. The maximum atomic E-state index is 13.2. The lowest BCUT2D eigenvalue weighted by molar-refractivity contribution is -0.144. The first kappa shape index (κ1) is 23.2. The summed E-state index contributed by atoms with van der Waals surface area (Å²) in [6, 6.07) is 5.78. The van der Waals surface area contributed by atoms with Gasteiger partial charge < -0.3 is 15.3 Å². The third-order valence-electron chi connectivity index (χ3n) is 6.99. The number of benzene rings is 1. The molecule has 3 aromatic rings. The van der Waals surface area contributed by atoms with E-state index in [1.54, 1.807) is 17.0 Å². The van der Waals surface area contributed by atoms with E-state index < -0.39 is 5.60 Å². The fourth-order valence-electron chi connectivity index (χ4n) is 4.93. The molecule has 0 atom stereocenters. The Morgan fingerprint density at radius 2 is 1.89 bits per heavy atom. The minimum absolute atomic E-state index is 0.0575. The van der Waals surface area contributed by atoms with Crippen molar-refractivity contribution < 1.29 is 19.1 Å². The minimum atomic E-state index is -1.14. The maximum Gasteiger partial charge on any atom is 0.264 e. The lowest BCUT2D eigenvalue weighted by atomic mass is 9.78. The van der Waals surface area contributed by atoms with Crippen LogP contribution in [0, 0.1) is 11.7 Å². The molecule has 0 spiro atoms. The van der Waals surface area contributed by atoms with E-state index in [1.165, 1.54) is 40.8 Å². The number of likely N-dealkylation sites (tertiary alicyclic amines) is 1. The molecule has 184 valence electrons. The van der Waals surface area contributed by atoms with Crippen LogP contribution in [0.1, 0.15) is 32.6 Å². The molecule has 0 unspecified atom stereocenters. The molecule has 35 heavy (non-hydrogen) atoms. The van der Waals surface area contributed by atoms with Gasteiger partial charge in [-0.1, -0.05) is 0 Å². The van der Waals surface area contributed by atoms with Crippen LogP contribution in [-0.4, -0.2) is 65.9 Å². The largest absolute Gasteiger partial charge is 0.388 e. The second kappa shape index (κ2) is 8.88. The predicted octanol–water partition coefficient (Wildman–Crippen LogP) is 0.989. The number of carbonyl (C=O) groups excluding carboxylic acids is 2. The fourth-order valence-corrected chi connectivity index (χ4v) is 4.93. The molecule has 3 heterocycles. The van der Waals surface area contributed by atoms with Crippen LogP contribution in [0.25, 0.3) is 16.7 Å². The smallest absolute Gasteiger partial charge is 0.264 e. The second-order valence-electron chi connectivity index (χ2n) is 9.56. The summed E-state index contributed by atoms with van der Waals surface area (Å²) in [6.45, 7) is 2.34. The number of aromatic nitrogens is 4. The number of halogens is 1. The third kappa shape index (κ3) is 4.55. The zero-order valence-corrected chi connectivity index (χ0v) is 19.4. The Morgan fingerprint density at radius 1 is 1.20 bits per heavy atom. The maximum absolute atomic E-state index is 13.2. The Hall–Kier alpha value is -3.60. The summed E-state index contributed by atoms with van der Waals surface area (Å²) in [5.74, 6) is -0.495. The fraction of sp³-hybridized carbons (Fsp3) is 0.458. The molecule has 2 N–H and O–H groups in total. The van der Waals surface area contributed by atoms with Crippen LogP contribution < -0.4 is 10.9 Å². The van der Waals surface area contributed by atoms with Gasteiger partial charge in [0.1, 0.15) is 17.5 Å².